The lowest BCUT2D eigenvalue weighted by molar-refractivity contribution is -0.138. The molecule has 0 heterocycles. The van der Waals surface area contributed by atoms with Gasteiger partial charge >= 0.3 is 0 Å². The van der Waals surface area contributed by atoms with E-state index in [9.17, 15) is 14.0 Å². The van der Waals surface area contributed by atoms with Gasteiger partial charge in [-0.25, -0.2) is 4.39 Å². The molecular weight excluding hydrogens is 463 g/mol. The van der Waals surface area contributed by atoms with Crippen molar-refractivity contribution in [3.05, 3.63) is 64.4 Å². The molecule has 5 nitrogen and oxygen atoms in total. The fourth-order valence-electron chi connectivity index (χ4n) is 3.94. The molecule has 0 spiro atoms. The van der Waals surface area contributed by atoms with Gasteiger partial charge < -0.3 is 15.0 Å². The zero-order chi connectivity index (χ0) is 23.8. The number of carbonyl (C=O) groups is 2. The highest BCUT2D eigenvalue weighted by atomic mass is 35.5. The highest BCUT2D eigenvalue weighted by molar-refractivity contribution is 7.99. The number of carbonyl (C=O) groups excluding carboxylic acids is 2. The van der Waals surface area contributed by atoms with Crippen molar-refractivity contribution in [1.82, 2.24) is 10.2 Å². The van der Waals surface area contributed by atoms with Crippen molar-refractivity contribution in [2.24, 2.45) is 0 Å². The Hall–Kier alpha value is -2.25. The van der Waals surface area contributed by atoms with E-state index in [1.807, 2.05) is 24.3 Å². The first-order valence-electron chi connectivity index (χ1n) is 11.1. The molecule has 0 saturated heterocycles. The Kier molecular flexibility index (Phi) is 9.44. The van der Waals surface area contributed by atoms with Gasteiger partial charge in [-0.3, -0.25) is 9.59 Å². The minimum Gasteiger partial charge on any atom is -0.497 e. The first-order valence-corrected chi connectivity index (χ1v) is 12.7. The highest BCUT2D eigenvalue weighted by Gasteiger charge is 2.28. The quantitative estimate of drug-likeness (QED) is 0.495. The summed E-state index contributed by atoms with van der Waals surface area (Å²) in [4.78, 5) is 27.7. The van der Waals surface area contributed by atoms with Gasteiger partial charge in [-0.15, -0.1) is 11.8 Å². The van der Waals surface area contributed by atoms with Crippen molar-refractivity contribution < 1.29 is 18.7 Å². The molecule has 8 heteroatoms. The molecule has 1 fully saturated rings. The Morgan fingerprint density at radius 1 is 1.24 bits per heavy atom. The van der Waals surface area contributed by atoms with Gasteiger partial charge in [-0.05, 0) is 49.6 Å². The SMILES string of the molecule is COc1cccc(CN(C(=O)CSCc2c(F)cccc2Cl)C(C)C(=O)NC2CCCC2)c1. The molecule has 2 aromatic carbocycles. The van der Waals surface area contributed by atoms with Gasteiger partial charge in [-0.1, -0.05) is 42.6 Å². The second-order valence-corrected chi connectivity index (χ2v) is 9.62. The average Bonchev–Trinajstić information content (AvgIpc) is 3.32. The molecule has 1 N–H and O–H groups in total. The molecule has 178 valence electrons. The van der Waals surface area contributed by atoms with Crippen LogP contribution >= 0.6 is 23.4 Å². The molecule has 1 unspecified atom stereocenters. The zero-order valence-corrected chi connectivity index (χ0v) is 20.6. The first kappa shape index (κ1) is 25.4. The van der Waals surface area contributed by atoms with Crippen LogP contribution in [0.4, 0.5) is 4.39 Å². The molecule has 3 rings (SSSR count). The Bertz CT molecular complexity index is 948. The maximum absolute atomic E-state index is 14.1. The molecule has 1 aliphatic carbocycles. The van der Waals surface area contributed by atoms with E-state index < -0.39 is 6.04 Å². The predicted molar refractivity (Wildman–Crippen MR) is 131 cm³/mol. The number of benzene rings is 2. The molecule has 1 aliphatic rings. The molecule has 2 amide bonds. The summed E-state index contributed by atoms with van der Waals surface area (Å²) in [5, 5.41) is 3.43. The Labute approximate surface area is 204 Å². The summed E-state index contributed by atoms with van der Waals surface area (Å²) < 4.78 is 19.4. The van der Waals surface area contributed by atoms with Crippen molar-refractivity contribution in [2.45, 2.75) is 57.0 Å². The fraction of sp³-hybridized carbons (Fsp3) is 0.440. The van der Waals surface area contributed by atoms with Crippen LogP contribution in [0.3, 0.4) is 0 Å². The second-order valence-electron chi connectivity index (χ2n) is 8.23. The smallest absolute Gasteiger partial charge is 0.242 e. The van der Waals surface area contributed by atoms with Crippen LogP contribution in [0.5, 0.6) is 5.75 Å². The second kappa shape index (κ2) is 12.3. The van der Waals surface area contributed by atoms with Crippen LogP contribution < -0.4 is 10.1 Å². The lowest BCUT2D eigenvalue weighted by Crippen LogP contribution is -2.50. The van der Waals surface area contributed by atoms with E-state index in [1.165, 1.54) is 17.8 Å². The summed E-state index contributed by atoms with van der Waals surface area (Å²) in [6.07, 6.45) is 4.17. The van der Waals surface area contributed by atoms with Gasteiger partial charge in [0.1, 0.15) is 17.6 Å². The van der Waals surface area contributed by atoms with E-state index in [4.69, 9.17) is 16.3 Å². The van der Waals surface area contributed by atoms with E-state index in [0.29, 0.717) is 16.3 Å². The van der Waals surface area contributed by atoms with E-state index in [1.54, 1.807) is 31.1 Å². The molecule has 0 bridgehead atoms. The number of methoxy groups -OCH3 is 1. The van der Waals surface area contributed by atoms with E-state index in [-0.39, 0.29) is 41.7 Å². The summed E-state index contributed by atoms with van der Waals surface area (Å²) in [5.74, 6) is 0.332. The summed E-state index contributed by atoms with van der Waals surface area (Å²) in [6, 6.07) is 11.5. The molecule has 0 radical (unpaired) electrons. The van der Waals surface area contributed by atoms with Crippen LogP contribution in [0, 0.1) is 5.82 Å². The Balaban J connectivity index is 1.70. The number of nitrogens with one attached hydrogen (secondary N) is 1. The number of halogens is 2. The van der Waals surface area contributed by atoms with Crippen molar-refractivity contribution in [3.63, 3.8) is 0 Å². The monoisotopic (exact) mass is 492 g/mol. The summed E-state index contributed by atoms with van der Waals surface area (Å²) >= 11 is 7.38. The molecule has 0 aliphatic heterocycles. The normalized spacial score (nSPS) is 14.7. The largest absolute Gasteiger partial charge is 0.497 e. The third-order valence-corrected chi connectivity index (χ3v) is 7.19. The van der Waals surface area contributed by atoms with Crippen LogP contribution in [0.15, 0.2) is 42.5 Å². The standard InChI is InChI=1S/C25H30ClFN2O3S/c1-17(25(31)28-19-8-3-4-9-19)29(14-18-7-5-10-20(13-18)32-2)24(30)16-33-15-21-22(26)11-6-12-23(21)27/h5-7,10-13,17,19H,3-4,8-9,14-16H2,1-2H3,(H,28,31). The maximum atomic E-state index is 14.1. The summed E-state index contributed by atoms with van der Waals surface area (Å²) in [7, 11) is 1.59. The Morgan fingerprint density at radius 2 is 1.97 bits per heavy atom. The van der Waals surface area contributed by atoms with Gasteiger partial charge in [0.05, 0.1) is 12.9 Å². The van der Waals surface area contributed by atoms with E-state index in [2.05, 4.69) is 5.32 Å². The zero-order valence-electron chi connectivity index (χ0n) is 19.0. The number of nitrogens with zero attached hydrogens (tertiary/aromatic N) is 1. The minimum absolute atomic E-state index is 0.107. The van der Waals surface area contributed by atoms with Gasteiger partial charge in [-0.2, -0.15) is 0 Å². The lowest BCUT2D eigenvalue weighted by atomic mass is 10.1. The lowest BCUT2D eigenvalue weighted by Gasteiger charge is -2.30. The van der Waals surface area contributed by atoms with Crippen molar-refractivity contribution >= 4 is 35.2 Å². The molecular formula is C25H30ClFN2O3S. The van der Waals surface area contributed by atoms with Crippen LogP contribution in [0.1, 0.15) is 43.7 Å². The number of rotatable bonds is 10. The number of ether oxygens (including phenoxy) is 1. The van der Waals surface area contributed by atoms with Crippen molar-refractivity contribution in [2.75, 3.05) is 12.9 Å². The Morgan fingerprint density at radius 3 is 2.67 bits per heavy atom. The fourth-order valence-corrected chi connectivity index (χ4v) is 5.18. The van der Waals surface area contributed by atoms with Crippen molar-refractivity contribution in [1.29, 1.82) is 0 Å². The first-order chi connectivity index (χ1) is 15.9. The minimum atomic E-state index is -0.637. The highest BCUT2D eigenvalue weighted by Crippen LogP contribution is 2.25. The molecule has 33 heavy (non-hydrogen) atoms. The number of hydrogen-bond acceptors (Lipinski definition) is 4. The van der Waals surface area contributed by atoms with Crippen LogP contribution in [-0.4, -0.2) is 41.7 Å². The number of thioether (sulfide) groups is 1. The molecule has 2 aromatic rings. The maximum Gasteiger partial charge on any atom is 0.242 e. The van der Waals surface area contributed by atoms with Crippen LogP contribution in [0.25, 0.3) is 0 Å². The number of hydrogen-bond donors (Lipinski definition) is 1. The molecule has 0 aromatic heterocycles. The van der Waals surface area contributed by atoms with Gasteiger partial charge in [0.2, 0.25) is 11.8 Å². The molecule has 1 atom stereocenters. The predicted octanol–water partition coefficient (Wildman–Crippen LogP) is 5.20. The van der Waals surface area contributed by atoms with Crippen LogP contribution in [-0.2, 0) is 21.9 Å². The summed E-state index contributed by atoms with van der Waals surface area (Å²) in [5.41, 5.74) is 1.24. The summed E-state index contributed by atoms with van der Waals surface area (Å²) in [6.45, 7) is 2.02. The van der Waals surface area contributed by atoms with Crippen LogP contribution in [0.2, 0.25) is 5.02 Å². The average molecular weight is 493 g/mol. The third-order valence-electron chi connectivity index (χ3n) is 5.89. The third kappa shape index (κ3) is 7.11. The van der Waals surface area contributed by atoms with E-state index in [0.717, 1.165) is 31.2 Å². The van der Waals surface area contributed by atoms with E-state index >= 15 is 0 Å². The van der Waals surface area contributed by atoms with Gasteiger partial charge in [0.25, 0.3) is 0 Å². The topological polar surface area (TPSA) is 58.6 Å². The van der Waals surface area contributed by atoms with Gasteiger partial charge in [0, 0.05) is 28.9 Å². The van der Waals surface area contributed by atoms with Crippen molar-refractivity contribution in [3.8, 4) is 5.75 Å². The molecule has 1 saturated carbocycles. The van der Waals surface area contributed by atoms with Gasteiger partial charge in [0.15, 0.2) is 0 Å². The number of amides is 2.